The zero-order valence-corrected chi connectivity index (χ0v) is 8.51. The molecular weight excluding hydrogens is 146 g/mol. The molecule has 70 valence electrons. The van der Waals surface area contributed by atoms with E-state index in [0.29, 0.717) is 11.5 Å². The normalized spacial score (nSPS) is 47.0. The first-order valence-corrected chi connectivity index (χ1v) is 5.26. The van der Waals surface area contributed by atoms with Crippen LogP contribution in [0, 0.1) is 23.2 Å². The van der Waals surface area contributed by atoms with Crippen LogP contribution in [0.2, 0.25) is 0 Å². The van der Waals surface area contributed by atoms with Gasteiger partial charge in [-0.3, -0.25) is 0 Å². The monoisotopic (exact) mass is 167 g/mol. The van der Waals surface area contributed by atoms with Crippen molar-refractivity contribution in [1.29, 1.82) is 0 Å². The van der Waals surface area contributed by atoms with Crippen molar-refractivity contribution in [2.45, 2.75) is 46.1 Å². The van der Waals surface area contributed by atoms with Gasteiger partial charge in [0.05, 0.1) is 0 Å². The van der Waals surface area contributed by atoms with Gasteiger partial charge in [0.15, 0.2) is 0 Å². The van der Waals surface area contributed by atoms with Crippen molar-refractivity contribution < 1.29 is 0 Å². The molecule has 2 fully saturated rings. The third kappa shape index (κ3) is 1.10. The molecule has 12 heavy (non-hydrogen) atoms. The van der Waals surface area contributed by atoms with Crippen LogP contribution in [0.3, 0.4) is 0 Å². The SMILES string of the molecule is CC(C)(C)[C@@H]1[C@H]2CC[C@H](C2)[C@H]1N. The van der Waals surface area contributed by atoms with Gasteiger partial charge in [-0.15, -0.1) is 0 Å². The second-order valence-electron chi connectivity index (χ2n) is 5.80. The average Bonchev–Trinajstić information content (AvgIpc) is 2.42. The fraction of sp³-hybridized carbons (Fsp3) is 1.00. The molecule has 0 aromatic rings. The Kier molecular flexibility index (Phi) is 1.76. The van der Waals surface area contributed by atoms with Crippen molar-refractivity contribution in [2.75, 3.05) is 0 Å². The lowest BCUT2D eigenvalue weighted by Crippen LogP contribution is -2.42. The molecule has 0 aromatic carbocycles. The maximum atomic E-state index is 6.25. The molecule has 1 heteroatoms. The van der Waals surface area contributed by atoms with Crippen molar-refractivity contribution in [2.24, 2.45) is 28.9 Å². The number of nitrogens with two attached hydrogens (primary N) is 1. The topological polar surface area (TPSA) is 26.0 Å². The van der Waals surface area contributed by atoms with E-state index in [9.17, 15) is 0 Å². The first-order valence-electron chi connectivity index (χ1n) is 5.26. The maximum absolute atomic E-state index is 6.25. The molecule has 0 aliphatic heterocycles. The lowest BCUT2D eigenvalue weighted by molar-refractivity contribution is 0.138. The molecule has 0 heterocycles. The van der Waals surface area contributed by atoms with E-state index >= 15 is 0 Å². The summed E-state index contributed by atoms with van der Waals surface area (Å²) in [7, 11) is 0. The van der Waals surface area contributed by atoms with E-state index < -0.39 is 0 Å². The quantitative estimate of drug-likeness (QED) is 0.589. The van der Waals surface area contributed by atoms with Crippen LogP contribution < -0.4 is 5.73 Å². The van der Waals surface area contributed by atoms with E-state index in [0.717, 1.165) is 17.8 Å². The Hall–Kier alpha value is -0.0400. The minimum Gasteiger partial charge on any atom is -0.327 e. The largest absolute Gasteiger partial charge is 0.327 e. The van der Waals surface area contributed by atoms with Crippen LogP contribution in [0.25, 0.3) is 0 Å². The van der Waals surface area contributed by atoms with E-state index in [2.05, 4.69) is 20.8 Å². The van der Waals surface area contributed by atoms with Gasteiger partial charge in [-0.2, -0.15) is 0 Å². The molecule has 0 unspecified atom stereocenters. The smallest absolute Gasteiger partial charge is 0.0103 e. The van der Waals surface area contributed by atoms with Crippen LogP contribution >= 0.6 is 0 Å². The van der Waals surface area contributed by atoms with Gasteiger partial charge >= 0.3 is 0 Å². The highest BCUT2D eigenvalue weighted by Gasteiger charge is 2.49. The van der Waals surface area contributed by atoms with Gasteiger partial charge in [0.25, 0.3) is 0 Å². The van der Waals surface area contributed by atoms with Gasteiger partial charge in [0, 0.05) is 6.04 Å². The van der Waals surface area contributed by atoms with Gasteiger partial charge < -0.3 is 5.73 Å². The molecule has 2 rings (SSSR count). The Balaban J connectivity index is 2.17. The molecule has 0 radical (unpaired) electrons. The van der Waals surface area contributed by atoms with Gasteiger partial charge in [-0.05, 0) is 42.4 Å². The summed E-state index contributed by atoms with van der Waals surface area (Å²) in [6.45, 7) is 7.04. The van der Waals surface area contributed by atoms with Crippen molar-refractivity contribution in [3.05, 3.63) is 0 Å². The van der Waals surface area contributed by atoms with Crippen LogP contribution in [-0.2, 0) is 0 Å². The lowest BCUT2D eigenvalue weighted by Gasteiger charge is -2.38. The molecule has 2 saturated carbocycles. The summed E-state index contributed by atoms with van der Waals surface area (Å²) in [5.74, 6) is 2.60. The van der Waals surface area contributed by atoms with Gasteiger partial charge in [-0.25, -0.2) is 0 Å². The zero-order chi connectivity index (χ0) is 8.93. The van der Waals surface area contributed by atoms with Crippen LogP contribution in [0.4, 0.5) is 0 Å². The number of hydrogen-bond donors (Lipinski definition) is 1. The highest BCUT2D eigenvalue weighted by atomic mass is 14.8. The summed E-state index contributed by atoms with van der Waals surface area (Å²) >= 11 is 0. The van der Waals surface area contributed by atoms with Crippen LogP contribution in [0.1, 0.15) is 40.0 Å². The first-order chi connectivity index (χ1) is 5.50. The minimum atomic E-state index is 0.430. The highest BCUT2D eigenvalue weighted by Crippen LogP contribution is 2.53. The summed E-state index contributed by atoms with van der Waals surface area (Å²) in [5.41, 5.74) is 6.68. The number of rotatable bonds is 0. The van der Waals surface area contributed by atoms with Crippen LogP contribution in [0.5, 0.6) is 0 Å². The Labute approximate surface area is 75.7 Å². The van der Waals surface area contributed by atoms with Gasteiger partial charge in [-0.1, -0.05) is 20.8 Å². The fourth-order valence-corrected chi connectivity index (χ4v) is 3.62. The van der Waals surface area contributed by atoms with Gasteiger partial charge in [0.2, 0.25) is 0 Å². The predicted molar refractivity (Wildman–Crippen MR) is 51.8 cm³/mol. The van der Waals surface area contributed by atoms with Crippen molar-refractivity contribution in [3.63, 3.8) is 0 Å². The molecule has 2 bridgehead atoms. The van der Waals surface area contributed by atoms with Crippen LogP contribution in [0.15, 0.2) is 0 Å². The second kappa shape index (κ2) is 2.47. The molecule has 4 atom stereocenters. The third-order valence-electron chi connectivity index (χ3n) is 3.98. The minimum absolute atomic E-state index is 0.430. The molecule has 0 amide bonds. The van der Waals surface area contributed by atoms with Crippen LogP contribution in [-0.4, -0.2) is 6.04 Å². The summed E-state index contributed by atoms with van der Waals surface area (Å²) in [4.78, 5) is 0. The Morgan fingerprint density at radius 3 is 2.00 bits per heavy atom. The zero-order valence-electron chi connectivity index (χ0n) is 8.51. The Bertz CT molecular complexity index is 178. The molecule has 2 N–H and O–H groups in total. The Morgan fingerprint density at radius 1 is 1.08 bits per heavy atom. The molecular formula is C11H21N. The van der Waals surface area contributed by atoms with Gasteiger partial charge in [0.1, 0.15) is 0 Å². The van der Waals surface area contributed by atoms with Crippen molar-refractivity contribution in [3.8, 4) is 0 Å². The molecule has 2 aliphatic rings. The summed E-state index contributed by atoms with van der Waals surface area (Å²) < 4.78 is 0. The molecule has 0 saturated heterocycles. The highest BCUT2D eigenvalue weighted by molar-refractivity contribution is 5.02. The summed E-state index contributed by atoms with van der Waals surface area (Å²) in [6.07, 6.45) is 4.27. The average molecular weight is 167 g/mol. The standard InChI is InChI=1S/C11H21N/c1-11(2,3)9-7-4-5-8(6-7)10(9)12/h7-10H,4-6,12H2,1-3H3/t7-,8+,9+,10+/m0/s1. The Morgan fingerprint density at radius 2 is 1.67 bits per heavy atom. The summed E-state index contributed by atoms with van der Waals surface area (Å²) in [5, 5.41) is 0. The summed E-state index contributed by atoms with van der Waals surface area (Å²) in [6, 6.07) is 0.503. The number of fused-ring (bicyclic) bond motifs is 2. The molecule has 2 aliphatic carbocycles. The van der Waals surface area contributed by atoms with E-state index in [1.807, 2.05) is 0 Å². The van der Waals surface area contributed by atoms with E-state index in [4.69, 9.17) is 5.73 Å². The first kappa shape index (κ1) is 8.55. The maximum Gasteiger partial charge on any atom is 0.0103 e. The predicted octanol–water partition coefficient (Wildman–Crippen LogP) is 2.41. The van der Waals surface area contributed by atoms with Crippen molar-refractivity contribution in [1.82, 2.24) is 0 Å². The third-order valence-corrected chi connectivity index (χ3v) is 3.98. The fourth-order valence-electron chi connectivity index (χ4n) is 3.62. The second-order valence-corrected chi connectivity index (χ2v) is 5.80. The lowest BCUT2D eigenvalue weighted by atomic mass is 9.69. The molecule has 0 aromatic heterocycles. The van der Waals surface area contributed by atoms with Crippen molar-refractivity contribution >= 4 is 0 Å². The van der Waals surface area contributed by atoms with E-state index in [1.165, 1.54) is 19.3 Å². The molecule has 1 nitrogen and oxygen atoms in total. The van der Waals surface area contributed by atoms with E-state index in [-0.39, 0.29) is 0 Å². The number of hydrogen-bond acceptors (Lipinski definition) is 1. The molecule has 0 spiro atoms. The van der Waals surface area contributed by atoms with E-state index in [1.54, 1.807) is 0 Å².